The van der Waals surface area contributed by atoms with E-state index >= 15 is 0 Å². The molecule has 0 bridgehead atoms. The Morgan fingerprint density at radius 2 is 1.25 bits per heavy atom. The second kappa shape index (κ2) is 15.7. The van der Waals surface area contributed by atoms with Gasteiger partial charge in [-0.25, -0.2) is 14.8 Å². The lowest BCUT2D eigenvalue weighted by Crippen LogP contribution is -2.44. The van der Waals surface area contributed by atoms with Crippen LogP contribution >= 0.6 is 23.2 Å². The highest BCUT2D eigenvalue weighted by Crippen LogP contribution is 2.36. The number of carbonyl (C=O) groups is 3. The number of hydrogen-bond acceptors (Lipinski definition) is 15. The topological polar surface area (TPSA) is 274 Å². The van der Waals surface area contributed by atoms with Gasteiger partial charge in [-0.05, 0) is 61.7 Å². The molecule has 4 aromatic rings. The van der Waals surface area contributed by atoms with Gasteiger partial charge in [-0.1, -0.05) is 0 Å². The molecule has 4 aliphatic rings. The van der Waals surface area contributed by atoms with Crippen LogP contribution in [0.5, 0.6) is 0 Å². The number of fused-ring (bicyclic) bond motifs is 2. The number of likely N-dealkylation sites (tertiary alicyclic amines) is 2. The van der Waals surface area contributed by atoms with Crippen molar-refractivity contribution < 1.29 is 34.8 Å². The third-order valence-corrected chi connectivity index (χ3v) is 11.5. The second-order valence-electron chi connectivity index (χ2n) is 14.8. The van der Waals surface area contributed by atoms with E-state index in [0.29, 0.717) is 79.4 Å². The summed E-state index contributed by atoms with van der Waals surface area (Å²) in [4.78, 5) is 67.4. The maximum absolute atomic E-state index is 13.7. The van der Waals surface area contributed by atoms with E-state index in [2.05, 4.69) is 51.2 Å². The van der Waals surface area contributed by atoms with Gasteiger partial charge in [0.2, 0.25) is 22.4 Å². The number of imidazole rings is 2. The fourth-order valence-electron chi connectivity index (χ4n) is 8.48. The highest BCUT2D eigenvalue weighted by Gasteiger charge is 2.44. The maximum atomic E-state index is 13.7. The molecule has 6 heterocycles. The van der Waals surface area contributed by atoms with E-state index in [0.717, 1.165) is 12.8 Å². The van der Waals surface area contributed by atoms with E-state index < -0.39 is 49.3 Å². The van der Waals surface area contributed by atoms with Gasteiger partial charge in [0.1, 0.15) is 25.4 Å². The minimum atomic E-state index is -1.27. The largest absolute Gasteiger partial charge is 0.388 e. The molecule has 4 aromatic heterocycles. The monoisotopic (exact) mass is 816 g/mol. The summed E-state index contributed by atoms with van der Waals surface area (Å²) in [7, 11) is 0. The SMILES string of the molecule is O=C(CO)N[C@@H]1CC[C@H](n2cnc3c(N[C@@H]4CCN(C(=O)N5CC[C@@H](Nc6nc(Cl)nc7c6ncn7[C@@H]6C[C@H](NC(=O)CO)[C@@H](O)[C@H]6O)C5)C4)nc(Cl)nc32)C1. The normalized spacial score (nSPS) is 27.8. The van der Waals surface area contributed by atoms with Crippen molar-refractivity contribution in [3.05, 3.63) is 23.2 Å². The van der Waals surface area contributed by atoms with E-state index in [1.165, 1.54) is 6.33 Å². The van der Waals surface area contributed by atoms with Gasteiger partial charge in [-0.2, -0.15) is 19.9 Å². The Morgan fingerprint density at radius 1 is 0.696 bits per heavy atom. The molecule has 4 fully saturated rings. The molecule has 21 nitrogen and oxygen atoms in total. The van der Waals surface area contributed by atoms with Crippen molar-refractivity contribution in [3.8, 4) is 0 Å². The number of rotatable bonds is 10. The summed E-state index contributed by atoms with van der Waals surface area (Å²) in [5.41, 5.74) is 1.85. The summed E-state index contributed by atoms with van der Waals surface area (Å²) in [6.07, 6.45) is 4.38. The fourth-order valence-corrected chi connectivity index (χ4v) is 8.80. The number of aliphatic hydroxyl groups excluding tert-OH is 4. The van der Waals surface area contributed by atoms with Crippen LogP contribution in [0, 0.1) is 0 Å². The Labute approximate surface area is 328 Å². The number of amides is 4. The van der Waals surface area contributed by atoms with E-state index in [1.54, 1.807) is 20.7 Å². The van der Waals surface area contributed by atoms with Crippen LogP contribution in [-0.4, -0.2) is 163 Å². The van der Waals surface area contributed by atoms with Crippen LogP contribution in [0.15, 0.2) is 12.7 Å². The standard InChI is InChI=1S/C33H42Cl2N14O7/c34-31-42-27(23-29(44-31)48(13-36-23)18-2-1-15(7-18)38-21(52)11-50)39-16-3-5-46(9-16)33(56)47-6-4-17(10-47)40-28-24-30(45-32(35)43-28)49(14-37-24)20-8-19(25(54)26(20)55)41-22(53)12-51/h13-20,25-26,50-51,54-55H,1-12H2,(H,38,52)(H,41,53)(H,39,42,44)(H,40,43,45)/t15-,16-,17-,18+,19+,20-,25-,26+/m1/s1. The molecule has 0 unspecified atom stereocenters. The number of nitrogens with one attached hydrogen (secondary N) is 4. The zero-order chi connectivity index (χ0) is 39.2. The second-order valence-corrected chi connectivity index (χ2v) is 15.4. The molecule has 0 spiro atoms. The molecule has 2 saturated heterocycles. The van der Waals surface area contributed by atoms with Gasteiger partial charge in [0, 0.05) is 50.3 Å². The quantitative estimate of drug-likeness (QED) is 0.0930. The summed E-state index contributed by atoms with van der Waals surface area (Å²) in [5.74, 6) is -0.222. The molecule has 2 aliphatic carbocycles. The highest BCUT2D eigenvalue weighted by atomic mass is 35.5. The minimum absolute atomic E-state index is 0.0416. The maximum Gasteiger partial charge on any atom is 0.320 e. The fraction of sp³-hybridized carbons (Fsp3) is 0.606. The molecule has 0 radical (unpaired) electrons. The van der Waals surface area contributed by atoms with E-state index in [-0.39, 0.29) is 47.2 Å². The predicted octanol–water partition coefficient (Wildman–Crippen LogP) is -0.589. The van der Waals surface area contributed by atoms with Crippen LogP contribution in [0.3, 0.4) is 0 Å². The van der Waals surface area contributed by atoms with Gasteiger partial charge in [0.25, 0.3) is 0 Å². The summed E-state index contributed by atoms with van der Waals surface area (Å²) in [6.45, 7) is 0.607. The average molecular weight is 818 g/mol. The lowest BCUT2D eigenvalue weighted by atomic mass is 10.2. The average Bonchev–Trinajstić information content (AvgIpc) is 4.04. The van der Waals surface area contributed by atoms with E-state index in [1.807, 2.05) is 4.57 Å². The first-order valence-corrected chi connectivity index (χ1v) is 19.3. The van der Waals surface area contributed by atoms with Crippen LogP contribution in [0.1, 0.15) is 50.6 Å². The van der Waals surface area contributed by atoms with Gasteiger partial charge in [0.15, 0.2) is 34.0 Å². The van der Waals surface area contributed by atoms with Crippen LogP contribution in [-0.2, 0) is 9.59 Å². The van der Waals surface area contributed by atoms with Gasteiger partial charge >= 0.3 is 6.03 Å². The first-order valence-electron chi connectivity index (χ1n) is 18.5. The summed E-state index contributed by atoms with van der Waals surface area (Å²) < 4.78 is 3.55. The number of aliphatic hydroxyl groups is 4. The number of carbonyl (C=O) groups excluding carboxylic acids is 3. The minimum Gasteiger partial charge on any atom is -0.388 e. The molecule has 8 atom stereocenters. The number of aromatic nitrogens is 8. The van der Waals surface area contributed by atoms with E-state index in [4.69, 9.17) is 33.4 Å². The van der Waals surface area contributed by atoms with Crippen LogP contribution in [0.25, 0.3) is 22.3 Å². The smallest absolute Gasteiger partial charge is 0.320 e. The molecule has 8 N–H and O–H groups in total. The molecule has 8 rings (SSSR count). The van der Waals surface area contributed by atoms with Gasteiger partial charge in [-0.15, -0.1) is 0 Å². The first-order chi connectivity index (χ1) is 27.0. The molecule has 4 amide bonds. The van der Waals surface area contributed by atoms with Gasteiger partial charge < -0.3 is 60.6 Å². The van der Waals surface area contributed by atoms with Crippen molar-refractivity contribution in [1.29, 1.82) is 0 Å². The molecule has 56 heavy (non-hydrogen) atoms. The Morgan fingerprint density at radius 3 is 1.84 bits per heavy atom. The van der Waals surface area contributed by atoms with Crippen molar-refractivity contribution in [2.24, 2.45) is 0 Å². The lowest BCUT2D eigenvalue weighted by Gasteiger charge is -2.25. The Bertz CT molecular complexity index is 2140. The van der Waals surface area contributed by atoms with E-state index in [9.17, 15) is 24.6 Å². The zero-order valence-electron chi connectivity index (χ0n) is 30.0. The lowest BCUT2D eigenvalue weighted by molar-refractivity contribution is -0.125. The van der Waals surface area contributed by atoms with Crippen molar-refractivity contribution >= 4 is 75.0 Å². The number of hydrogen-bond donors (Lipinski definition) is 8. The molecule has 23 heteroatoms. The Balaban J connectivity index is 0.886. The number of anilines is 2. The van der Waals surface area contributed by atoms with Gasteiger partial charge in [-0.3, -0.25) is 9.59 Å². The van der Waals surface area contributed by atoms with Crippen molar-refractivity contribution in [1.82, 2.24) is 59.5 Å². The molecule has 0 aromatic carbocycles. The zero-order valence-corrected chi connectivity index (χ0v) is 31.5. The Kier molecular flexibility index (Phi) is 10.7. The van der Waals surface area contributed by atoms with Crippen LogP contribution < -0.4 is 21.3 Å². The summed E-state index contributed by atoms with van der Waals surface area (Å²) in [5, 5.41) is 51.8. The third kappa shape index (κ3) is 7.45. The number of urea groups is 1. The molecular formula is C33H42Cl2N14O7. The van der Waals surface area contributed by atoms with Crippen molar-refractivity contribution in [2.75, 3.05) is 50.0 Å². The number of nitrogens with zero attached hydrogens (tertiary/aromatic N) is 10. The van der Waals surface area contributed by atoms with Crippen molar-refractivity contribution in [3.63, 3.8) is 0 Å². The Hall–Kier alpha value is -4.67. The predicted molar refractivity (Wildman–Crippen MR) is 200 cm³/mol. The summed E-state index contributed by atoms with van der Waals surface area (Å²) in [6, 6.07) is -1.85. The number of halogens is 2. The van der Waals surface area contributed by atoms with Crippen LogP contribution in [0.4, 0.5) is 16.4 Å². The molecular weight excluding hydrogens is 775 g/mol. The molecule has 2 saturated carbocycles. The van der Waals surface area contributed by atoms with Gasteiger partial charge in [0.05, 0.1) is 24.7 Å². The molecule has 2 aliphatic heterocycles. The summed E-state index contributed by atoms with van der Waals surface area (Å²) >= 11 is 12.7. The van der Waals surface area contributed by atoms with Crippen molar-refractivity contribution in [2.45, 2.75) is 87.0 Å². The highest BCUT2D eigenvalue weighted by molar-refractivity contribution is 6.29. The first kappa shape index (κ1) is 38.2. The third-order valence-electron chi connectivity index (χ3n) is 11.2. The van der Waals surface area contributed by atoms with Crippen LogP contribution in [0.2, 0.25) is 10.6 Å². The molecule has 300 valence electrons.